The van der Waals surface area contributed by atoms with E-state index in [4.69, 9.17) is 9.84 Å². The van der Waals surface area contributed by atoms with Crippen LogP contribution in [0.2, 0.25) is 0 Å². The van der Waals surface area contributed by atoms with Crippen LogP contribution in [0.15, 0.2) is 16.3 Å². The van der Waals surface area contributed by atoms with E-state index >= 15 is 0 Å². The molecule has 1 unspecified atom stereocenters. The molecule has 1 aliphatic rings. The second kappa shape index (κ2) is 6.43. The van der Waals surface area contributed by atoms with Crippen LogP contribution in [0.5, 0.6) is 0 Å². The summed E-state index contributed by atoms with van der Waals surface area (Å²) in [6, 6.07) is 2.54. The fraction of sp³-hybridized carbons (Fsp3) is 0.615. The molecule has 2 heterocycles. The van der Waals surface area contributed by atoms with Crippen molar-refractivity contribution in [2.24, 2.45) is 5.92 Å². The zero-order chi connectivity index (χ0) is 15.6. The Kier molecular flexibility index (Phi) is 5.03. The smallest absolute Gasteiger partial charge is 0.345 e. The van der Waals surface area contributed by atoms with E-state index in [2.05, 4.69) is 0 Å². The highest BCUT2D eigenvalue weighted by Gasteiger charge is 2.32. The Labute approximate surface area is 128 Å². The van der Waals surface area contributed by atoms with E-state index in [1.807, 2.05) is 6.92 Å². The zero-order valence-electron chi connectivity index (χ0n) is 12.0. The normalized spacial score (nSPS) is 18.8. The number of rotatable bonds is 5. The van der Waals surface area contributed by atoms with Gasteiger partial charge in [-0.2, -0.15) is 4.31 Å². The number of carboxylic acids is 1. The van der Waals surface area contributed by atoms with Crippen LogP contribution >= 0.6 is 11.3 Å². The lowest BCUT2D eigenvalue weighted by molar-refractivity contribution is 0.0480. The van der Waals surface area contributed by atoms with Crippen LogP contribution in [0.4, 0.5) is 0 Å². The average molecular weight is 333 g/mol. The summed E-state index contributed by atoms with van der Waals surface area (Å²) in [4.78, 5) is 10.9. The number of ether oxygens (including phenoxy) is 1. The minimum atomic E-state index is -3.65. The summed E-state index contributed by atoms with van der Waals surface area (Å²) in [5, 5.41) is 8.90. The number of carboxylic acid groups (broad SMARTS) is 1. The zero-order valence-corrected chi connectivity index (χ0v) is 13.6. The lowest BCUT2D eigenvalue weighted by Crippen LogP contribution is -2.41. The lowest BCUT2D eigenvalue weighted by atomic mass is 9.93. The first kappa shape index (κ1) is 16.4. The molecule has 1 saturated heterocycles. The molecule has 1 fully saturated rings. The molecular weight excluding hydrogens is 314 g/mol. The summed E-state index contributed by atoms with van der Waals surface area (Å²) in [5.41, 5.74) is 0. The molecule has 6 nitrogen and oxygen atoms in total. The predicted molar refractivity (Wildman–Crippen MR) is 79.2 cm³/mol. The third-order valence-corrected chi connectivity index (χ3v) is 7.43. The van der Waals surface area contributed by atoms with E-state index in [9.17, 15) is 13.2 Å². The average Bonchev–Trinajstić information content (AvgIpc) is 2.97. The quantitative estimate of drug-likeness (QED) is 0.889. The van der Waals surface area contributed by atoms with Gasteiger partial charge in [-0.25, -0.2) is 13.2 Å². The summed E-state index contributed by atoms with van der Waals surface area (Å²) in [6.45, 7) is 3.20. The first-order valence-electron chi connectivity index (χ1n) is 6.73. The molecule has 118 valence electrons. The molecule has 0 radical (unpaired) electrons. The van der Waals surface area contributed by atoms with Gasteiger partial charge in [0.1, 0.15) is 9.09 Å². The molecule has 1 aromatic heterocycles. The topological polar surface area (TPSA) is 83.9 Å². The van der Waals surface area contributed by atoms with Gasteiger partial charge in [-0.1, -0.05) is 0 Å². The molecule has 1 atom stereocenters. The van der Waals surface area contributed by atoms with Crippen LogP contribution in [0, 0.1) is 5.92 Å². The Balaban J connectivity index is 2.18. The molecule has 0 aliphatic carbocycles. The van der Waals surface area contributed by atoms with Crippen molar-refractivity contribution >= 4 is 27.3 Å². The van der Waals surface area contributed by atoms with E-state index in [0.29, 0.717) is 13.2 Å². The highest BCUT2D eigenvalue weighted by molar-refractivity contribution is 7.91. The Bertz CT molecular complexity index is 604. The molecular formula is C13H19NO5S2. The van der Waals surface area contributed by atoms with Crippen molar-refractivity contribution in [1.29, 1.82) is 0 Å². The number of aromatic carboxylic acids is 1. The largest absolute Gasteiger partial charge is 0.477 e. The van der Waals surface area contributed by atoms with Gasteiger partial charge in [-0.05, 0) is 37.8 Å². The van der Waals surface area contributed by atoms with Gasteiger partial charge in [0.2, 0.25) is 0 Å². The van der Waals surface area contributed by atoms with Crippen LogP contribution < -0.4 is 0 Å². The van der Waals surface area contributed by atoms with E-state index < -0.39 is 16.0 Å². The van der Waals surface area contributed by atoms with Crippen molar-refractivity contribution in [1.82, 2.24) is 4.31 Å². The fourth-order valence-electron chi connectivity index (χ4n) is 2.43. The van der Waals surface area contributed by atoms with Crippen molar-refractivity contribution < 1.29 is 23.1 Å². The van der Waals surface area contributed by atoms with Gasteiger partial charge in [-0.15, -0.1) is 11.3 Å². The number of sulfonamides is 1. The summed E-state index contributed by atoms with van der Waals surface area (Å²) >= 11 is 0.786. The minimum Gasteiger partial charge on any atom is -0.477 e. The summed E-state index contributed by atoms with van der Waals surface area (Å²) in [5.74, 6) is -0.848. The van der Waals surface area contributed by atoms with Gasteiger partial charge in [-0.3, -0.25) is 0 Å². The van der Waals surface area contributed by atoms with Crippen molar-refractivity contribution in [2.75, 3.05) is 20.3 Å². The molecule has 0 amide bonds. The SMILES string of the molecule is CC(C1CCOCC1)N(C)S(=O)(=O)c1ccc(C(=O)O)s1. The van der Waals surface area contributed by atoms with Gasteiger partial charge in [0, 0.05) is 26.3 Å². The molecule has 21 heavy (non-hydrogen) atoms. The number of hydrogen-bond acceptors (Lipinski definition) is 5. The van der Waals surface area contributed by atoms with Crippen LogP contribution in [-0.4, -0.2) is 50.1 Å². The summed E-state index contributed by atoms with van der Waals surface area (Å²) in [6.07, 6.45) is 1.68. The molecule has 8 heteroatoms. The maximum absolute atomic E-state index is 12.6. The fourth-order valence-corrected chi connectivity index (χ4v) is 5.18. The second-order valence-electron chi connectivity index (χ2n) is 5.14. The van der Waals surface area contributed by atoms with Crippen LogP contribution in [-0.2, 0) is 14.8 Å². The number of nitrogens with zero attached hydrogens (tertiary/aromatic N) is 1. The Morgan fingerprint density at radius 2 is 2.05 bits per heavy atom. The van der Waals surface area contributed by atoms with Crippen LogP contribution in [0.25, 0.3) is 0 Å². The van der Waals surface area contributed by atoms with Gasteiger partial charge >= 0.3 is 5.97 Å². The number of hydrogen-bond donors (Lipinski definition) is 1. The Morgan fingerprint density at radius 1 is 1.43 bits per heavy atom. The summed E-state index contributed by atoms with van der Waals surface area (Å²) in [7, 11) is -2.10. The number of thiophene rings is 1. The van der Waals surface area contributed by atoms with Crippen LogP contribution in [0.1, 0.15) is 29.4 Å². The molecule has 0 saturated carbocycles. The molecule has 1 aliphatic heterocycles. The predicted octanol–water partition coefficient (Wildman–Crippen LogP) is 1.88. The standard InChI is InChI=1S/C13H19NO5S2/c1-9(10-5-7-19-8-6-10)14(2)21(17,18)12-4-3-11(20-12)13(15)16/h3-4,9-10H,5-8H2,1-2H3,(H,15,16). The van der Waals surface area contributed by atoms with E-state index in [0.717, 1.165) is 24.2 Å². The second-order valence-corrected chi connectivity index (χ2v) is 8.44. The molecule has 0 aromatic carbocycles. The molecule has 1 aromatic rings. The molecule has 1 N–H and O–H groups in total. The molecule has 2 rings (SSSR count). The van der Waals surface area contributed by atoms with E-state index in [1.165, 1.54) is 16.4 Å². The van der Waals surface area contributed by atoms with Gasteiger partial charge in [0.15, 0.2) is 0 Å². The van der Waals surface area contributed by atoms with Gasteiger partial charge in [0.25, 0.3) is 10.0 Å². The van der Waals surface area contributed by atoms with Crippen molar-refractivity contribution in [3.8, 4) is 0 Å². The van der Waals surface area contributed by atoms with Gasteiger partial charge < -0.3 is 9.84 Å². The third kappa shape index (κ3) is 3.45. The highest BCUT2D eigenvalue weighted by atomic mass is 32.2. The Morgan fingerprint density at radius 3 is 2.57 bits per heavy atom. The highest BCUT2D eigenvalue weighted by Crippen LogP contribution is 2.29. The lowest BCUT2D eigenvalue weighted by Gasteiger charge is -2.33. The van der Waals surface area contributed by atoms with Gasteiger partial charge in [0.05, 0.1) is 0 Å². The van der Waals surface area contributed by atoms with E-state index in [1.54, 1.807) is 7.05 Å². The maximum Gasteiger partial charge on any atom is 0.345 e. The Hall–Kier alpha value is -0.960. The van der Waals surface area contributed by atoms with Crippen molar-refractivity contribution in [3.05, 3.63) is 17.0 Å². The van der Waals surface area contributed by atoms with Crippen molar-refractivity contribution in [2.45, 2.75) is 30.0 Å². The molecule has 0 spiro atoms. The summed E-state index contributed by atoms with van der Waals surface area (Å²) < 4.78 is 31.8. The maximum atomic E-state index is 12.6. The van der Waals surface area contributed by atoms with Crippen molar-refractivity contribution in [3.63, 3.8) is 0 Å². The first-order chi connectivity index (χ1) is 9.84. The molecule has 0 bridgehead atoms. The third-order valence-electron chi connectivity index (χ3n) is 3.95. The van der Waals surface area contributed by atoms with E-state index in [-0.39, 0.29) is 21.0 Å². The monoisotopic (exact) mass is 333 g/mol. The first-order valence-corrected chi connectivity index (χ1v) is 8.98. The minimum absolute atomic E-state index is 0.0284. The van der Waals surface area contributed by atoms with Crippen LogP contribution in [0.3, 0.4) is 0 Å². The number of carbonyl (C=O) groups is 1.